The summed E-state index contributed by atoms with van der Waals surface area (Å²) >= 11 is 0. The van der Waals surface area contributed by atoms with Crippen molar-refractivity contribution >= 4 is 5.91 Å². The molecule has 0 heterocycles. The third-order valence-electron chi connectivity index (χ3n) is 2.62. The summed E-state index contributed by atoms with van der Waals surface area (Å²) in [5.74, 6) is 0.156. The molecule has 4 heteroatoms. The summed E-state index contributed by atoms with van der Waals surface area (Å²) in [5.41, 5.74) is 0. The SMILES string of the molecule is CCN(CC)CCCC(=O)NCCCOC. The Morgan fingerprint density at radius 1 is 1.25 bits per heavy atom. The molecule has 0 radical (unpaired) electrons. The number of hydrogen-bond acceptors (Lipinski definition) is 3. The minimum Gasteiger partial charge on any atom is -0.385 e. The van der Waals surface area contributed by atoms with E-state index < -0.39 is 0 Å². The number of methoxy groups -OCH3 is 1. The molecule has 0 aromatic heterocycles. The van der Waals surface area contributed by atoms with E-state index in [0.717, 1.165) is 39.0 Å². The summed E-state index contributed by atoms with van der Waals surface area (Å²) in [6.45, 7) is 8.86. The van der Waals surface area contributed by atoms with Gasteiger partial charge in [0.25, 0.3) is 0 Å². The molecule has 0 aromatic rings. The van der Waals surface area contributed by atoms with Crippen molar-refractivity contribution in [2.75, 3.05) is 39.9 Å². The zero-order valence-electron chi connectivity index (χ0n) is 10.9. The fourth-order valence-corrected chi connectivity index (χ4v) is 1.54. The molecule has 96 valence electrons. The van der Waals surface area contributed by atoms with Crippen LogP contribution in [0, 0.1) is 0 Å². The third kappa shape index (κ3) is 8.68. The molecule has 0 bridgehead atoms. The number of amides is 1. The molecular weight excluding hydrogens is 204 g/mol. The number of hydrogen-bond donors (Lipinski definition) is 1. The topological polar surface area (TPSA) is 41.6 Å². The molecule has 0 atom stereocenters. The first-order valence-electron chi connectivity index (χ1n) is 6.22. The summed E-state index contributed by atoms with van der Waals surface area (Å²) in [6, 6.07) is 0. The Hall–Kier alpha value is -0.610. The third-order valence-corrected chi connectivity index (χ3v) is 2.62. The van der Waals surface area contributed by atoms with Crippen LogP contribution < -0.4 is 5.32 Å². The van der Waals surface area contributed by atoms with Gasteiger partial charge in [-0.25, -0.2) is 0 Å². The van der Waals surface area contributed by atoms with Crippen molar-refractivity contribution in [1.29, 1.82) is 0 Å². The zero-order valence-corrected chi connectivity index (χ0v) is 10.9. The van der Waals surface area contributed by atoms with E-state index in [4.69, 9.17) is 4.74 Å². The standard InChI is InChI=1S/C12H26N2O2/c1-4-14(5-2)10-6-8-12(15)13-9-7-11-16-3/h4-11H2,1-3H3,(H,13,15). The van der Waals surface area contributed by atoms with Gasteiger partial charge in [0.1, 0.15) is 0 Å². The van der Waals surface area contributed by atoms with Gasteiger partial charge < -0.3 is 15.0 Å². The number of carbonyl (C=O) groups is 1. The molecule has 0 fully saturated rings. The Morgan fingerprint density at radius 2 is 1.94 bits per heavy atom. The Kier molecular flexibility index (Phi) is 10.5. The second kappa shape index (κ2) is 10.9. The van der Waals surface area contributed by atoms with Gasteiger partial charge in [-0.2, -0.15) is 0 Å². The lowest BCUT2D eigenvalue weighted by molar-refractivity contribution is -0.121. The van der Waals surface area contributed by atoms with Gasteiger partial charge in [0.05, 0.1) is 0 Å². The highest BCUT2D eigenvalue weighted by Gasteiger charge is 2.02. The highest BCUT2D eigenvalue weighted by atomic mass is 16.5. The highest BCUT2D eigenvalue weighted by molar-refractivity contribution is 5.75. The monoisotopic (exact) mass is 230 g/mol. The molecule has 1 amide bonds. The van der Waals surface area contributed by atoms with Gasteiger partial charge in [-0.1, -0.05) is 13.8 Å². The molecule has 1 N–H and O–H groups in total. The van der Waals surface area contributed by atoms with Gasteiger partial charge >= 0.3 is 0 Å². The van der Waals surface area contributed by atoms with E-state index in [1.165, 1.54) is 0 Å². The van der Waals surface area contributed by atoms with E-state index in [9.17, 15) is 4.79 Å². The van der Waals surface area contributed by atoms with Crippen LogP contribution in [0.25, 0.3) is 0 Å². The summed E-state index contributed by atoms with van der Waals surface area (Å²) in [6.07, 6.45) is 2.46. The largest absolute Gasteiger partial charge is 0.385 e. The van der Waals surface area contributed by atoms with E-state index >= 15 is 0 Å². The Bertz CT molecular complexity index is 170. The van der Waals surface area contributed by atoms with Crippen LogP contribution in [-0.2, 0) is 9.53 Å². The van der Waals surface area contributed by atoms with Gasteiger partial charge in [-0.3, -0.25) is 4.79 Å². The molecule has 16 heavy (non-hydrogen) atoms. The van der Waals surface area contributed by atoms with Crippen LogP contribution in [0.3, 0.4) is 0 Å². The summed E-state index contributed by atoms with van der Waals surface area (Å²) < 4.78 is 4.91. The lowest BCUT2D eigenvalue weighted by Gasteiger charge is -2.17. The Balaban J connectivity index is 3.36. The van der Waals surface area contributed by atoms with Crippen LogP contribution in [0.5, 0.6) is 0 Å². The van der Waals surface area contributed by atoms with E-state index in [-0.39, 0.29) is 5.91 Å². The quantitative estimate of drug-likeness (QED) is 0.575. The number of ether oxygens (including phenoxy) is 1. The van der Waals surface area contributed by atoms with Crippen molar-refractivity contribution < 1.29 is 9.53 Å². The molecule has 0 saturated carbocycles. The molecule has 0 aliphatic rings. The maximum absolute atomic E-state index is 11.4. The zero-order chi connectivity index (χ0) is 12.2. The average Bonchev–Trinajstić information content (AvgIpc) is 2.30. The van der Waals surface area contributed by atoms with Crippen LogP contribution in [-0.4, -0.2) is 50.7 Å². The van der Waals surface area contributed by atoms with Crippen LogP contribution in [0.15, 0.2) is 0 Å². The fraction of sp³-hybridized carbons (Fsp3) is 0.917. The van der Waals surface area contributed by atoms with Crippen molar-refractivity contribution in [2.45, 2.75) is 33.1 Å². The molecule has 4 nitrogen and oxygen atoms in total. The maximum atomic E-state index is 11.4. The van der Waals surface area contributed by atoms with Crippen molar-refractivity contribution in [3.63, 3.8) is 0 Å². The van der Waals surface area contributed by atoms with Crippen molar-refractivity contribution in [3.8, 4) is 0 Å². The number of rotatable bonds is 10. The van der Waals surface area contributed by atoms with Gasteiger partial charge in [-0.15, -0.1) is 0 Å². The maximum Gasteiger partial charge on any atom is 0.220 e. The average molecular weight is 230 g/mol. The first-order valence-corrected chi connectivity index (χ1v) is 6.22. The van der Waals surface area contributed by atoms with Gasteiger partial charge in [0.2, 0.25) is 5.91 Å². The number of nitrogens with one attached hydrogen (secondary N) is 1. The van der Waals surface area contributed by atoms with Gasteiger partial charge in [0.15, 0.2) is 0 Å². The normalized spacial score (nSPS) is 10.8. The van der Waals surface area contributed by atoms with E-state index in [1.54, 1.807) is 7.11 Å². The van der Waals surface area contributed by atoms with Crippen LogP contribution in [0.4, 0.5) is 0 Å². The Labute approximate surface area is 99.3 Å². The lowest BCUT2D eigenvalue weighted by atomic mass is 10.2. The van der Waals surface area contributed by atoms with E-state index in [1.807, 2.05) is 0 Å². The minimum absolute atomic E-state index is 0.156. The lowest BCUT2D eigenvalue weighted by Crippen LogP contribution is -2.28. The minimum atomic E-state index is 0.156. The highest BCUT2D eigenvalue weighted by Crippen LogP contribution is 1.95. The summed E-state index contributed by atoms with van der Waals surface area (Å²) in [7, 11) is 1.67. The van der Waals surface area contributed by atoms with Gasteiger partial charge in [0, 0.05) is 26.7 Å². The summed E-state index contributed by atoms with van der Waals surface area (Å²) in [4.78, 5) is 13.7. The predicted molar refractivity (Wildman–Crippen MR) is 66.5 cm³/mol. The van der Waals surface area contributed by atoms with Gasteiger partial charge in [-0.05, 0) is 32.5 Å². The molecule has 0 aliphatic heterocycles. The van der Waals surface area contributed by atoms with Crippen LogP contribution >= 0.6 is 0 Å². The molecule has 0 saturated heterocycles. The first kappa shape index (κ1) is 15.4. The number of carbonyl (C=O) groups excluding carboxylic acids is 1. The first-order chi connectivity index (χ1) is 7.74. The van der Waals surface area contributed by atoms with Crippen molar-refractivity contribution in [2.24, 2.45) is 0 Å². The molecular formula is C12H26N2O2. The molecule has 0 unspecified atom stereocenters. The van der Waals surface area contributed by atoms with Crippen molar-refractivity contribution in [3.05, 3.63) is 0 Å². The number of nitrogens with zero attached hydrogens (tertiary/aromatic N) is 1. The molecule has 0 aromatic carbocycles. The molecule has 0 spiro atoms. The van der Waals surface area contributed by atoms with Crippen LogP contribution in [0.2, 0.25) is 0 Å². The van der Waals surface area contributed by atoms with E-state index in [0.29, 0.717) is 13.0 Å². The summed E-state index contributed by atoms with van der Waals surface area (Å²) in [5, 5.41) is 2.89. The molecule has 0 rings (SSSR count). The fourth-order valence-electron chi connectivity index (χ4n) is 1.54. The Morgan fingerprint density at radius 3 is 2.50 bits per heavy atom. The second-order valence-corrected chi connectivity index (χ2v) is 3.83. The van der Waals surface area contributed by atoms with Crippen LogP contribution in [0.1, 0.15) is 33.1 Å². The van der Waals surface area contributed by atoms with Crippen molar-refractivity contribution in [1.82, 2.24) is 10.2 Å². The predicted octanol–water partition coefficient (Wildman–Crippen LogP) is 1.26. The van der Waals surface area contributed by atoms with E-state index in [2.05, 4.69) is 24.1 Å². The molecule has 0 aliphatic carbocycles. The second-order valence-electron chi connectivity index (χ2n) is 3.83. The smallest absolute Gasteiger partial charge is 0.220 e.